The molecule has 1 heterocycles. The standard InChI is InChI=1S/C9H20N2O/c1-8(9(2)10)7-11-3-5-12-6-4-11/h8-9H,3-7,10H2,1-2H3. The summed E-state index contributed by atoms with van der Waals surface area (Å²) in [6, 6.07) is 0.299. The van der Waals surface area contributed by atoms with E-state index in [4.69, 9.17) is 10.5 Å². The molecular formula is C9H20N2O. The Hall–Kier alpha value is -0.120. The van der Waals surface area contributed by atoms with Gasteiger partial charge in [0.25, 0.3) is 0 Å². The molecule has 1 aliphatic rings. The predicted molar refractivity (Wildman–Crippen MR) is 50.1 cm³/mol. The van der Waals surface area contributed by atoms with E-state index in [-0.39, 0.29) is 0 Å². The van der Waals surface area contributed by atoms with Crippen LogP contribution in [0.25, 0.3) is 0 Å². The lowest BCUT2D eigenvalue weighted by Gasteiger charge is -2.30. The molecule has 0 amide bonds. The van der Waals surface area contributed by atoms with Gasteiger partial charge in [-0.05, 0) is 12.8 Å². The maximum atomic E-state index is 5.80. The third kappa shape index (κ3) is 3.09. The fraction of sp³-hybridized carbons (Fsp3) is 1.00. The molecule has 1 aliphatic heterocycles. The van der Waals surface area contributed by atoms with Crippen LogP contribution in [0.4, 0.5) is 0 Å². The van der Waals surface area contributed by atoms with Crippen LogP contribution in [0.5, 0.6) is 0 Å². The molecule has 2 atom stereocenters. The second-order valence-electron chi connectivity index (χ2n) is 3.75. The fourth-order valence-electron chi connectivity index (χ4n) is 1.36. The van der Waals surface area contributed by atoms with Gasteiger partial charge in [-0.25, -0.2) is 0 Å². The minimum absolute atomic E-state index is 0.299. The summed E-state index contributed by atoms with van der Waals surface area (Å²) in [5.41, 5.74) is 5.80. The molecule has 0 spiro atoms. The van der Waals surface area contributed by atoms with E-state index >= 15 is 0 Å². The maximum absolute atomic E-state index is 5.80. The molecule has 0 radical (unpaired) electrons. The smallest absolute Gasteiger partial charge is 0.0594 e. The van der Waals surface area contributed by atoms with Gasteiger partial charge in [-0.15, -0.1) is 0 Å². The van der Waals surface area contributed by atoms with Gasteiger partial charge in [0.05, 0.1) is 13.2 Å². The Morgan fingerprint density at radius 3 is 2.42 bits per heavy atom. The van der Waals surface area contributed by atoms with E-state index in [2.05, 4.69) is 18.7 Å². The summed E-state index contributed by atoms with van der Waals surface area (Å²) in [4.78, 5) is 2.43. The highest BCUT2D eigenvalue weighted by Gasteiger charge is 2.15. The van der Waals surface area contributed by atoms with Crippen molar-refractivity contribution in [1.29, 1.82) is 0 Å². The van der Waals surface area contributed by atoms with Crippen molar-refractivity contribution in [2.24, 2.45) is 11.7 Å². The van der Waals surface area contributed by atoms with Crippen LogP contribution in [-0.2, 0) is 4.74 Å². The van der Waals surface area contributed by atoms with Crippen molar-refractivity contribution in [2.45, 2.75) is 19.9 Å². The minimum atomic E-state index is 0.299. The van der Waals surface area contributed by atoms with Gasteiger partial charge < -0.3 is 10.5 Å². The molecule has 0 aromatic heterocycles. The maximum Gasteiger partial charge on any atom is 0.0594 e. The second-order valence-corrected chi connectivity index (χ2v) is 3.75. The zero-order chi connectivity index (χ0) is 8.97. The Kier molecular flexibility index (Phi) is 3.98. The topological polar surface area (TPSA) is 38.5 Å². The molecule has 1 fully saturated rings. The molecule has 0 saturated carbocycles. The molecule has 1 rings (SSSR count). The molecule has 2 N–H and O–H groups in total. The van der Waals surface area contributed by atoms with Gasteiger partial charge in [-0.2, -0.15) is 0 Å². The van der Waals surface area contributed by atoms with Crippen LogP contribution < -0.4 is 5.73 Å². The SMILES string of the molecule is CC(N)C(C)CN1CCOCC1. The first-order chi connectivity index (χ1) is 5.70. The normalized spacial score (nSPS) is 25.2. The summed E-state index contributed by atoms with van der Waals surface area (Å²) in [6.45, 7) is 9.29. The van der Waals surface area contributed by atoms with Crippen molar-refractivity contribution < 1.29 is 4.74 Å². The van der Waals surface area contributed by atoms with E-state index in [1.807, 2.05) is 0 Å². The Bertz CT molecular complexity index is 122. The van der Waals surface area contributed by atoms with Gasteiger partial charge in [0.15, 0.2) is 0 Å². The third-order valence-corrected chi connectivity index (χ3v) is 2.55. The second kappa shape index (κ2) is 4.80. The monoisotopic (exact) mass is 172 g/mol. The summed E-state index contributed by atoms with van der Waals surface area (Å²) >= 11 is 0. The molecule has 3 heteroatoms. The van der Waals surface area contributed by atoms with Crippen molar-refractivity contribution in [2.75, 3.05) is 32.8 Å². The lowest BCUT2D eigenvalue weighted by molar-refractivity contribution is 0.0305. The largest absolute Gasteiger partial charge is 0.379 e. The number of morpholine rings is 1. The Morgan fingerprint density at radius 1 is 1.33 bits per heavy atom. The molecule has 3 nitrogen and oxygen atoms in total. The fourth-order valence-corrected chi connectivity index (χ4v) is 1.36. The number of nitrogens with two attached hydrogens (primary N) is 1. The highest BCUT2D eigenvalue weighted by Crippen LogP contribution is 2.05. The van der Waals surface area contributed by atoms with Gasteiger partial charge in [-0.1, -0.05) is 6.92 Å². The van der Waals surface area contributed by atoms with Crippen LogP contribution in [0.3, 0.4) is 0 Å². The molecule has 0 aromatic rings. The lowest BCUT2D eigenvalue weighted by atomic mass is 10.0. The molecule has 2 unspecified atom stereocenters. The summed E-state index contributed by atoms with van der Waals surface area (Å²) < 4.78 is 5.27. The van der Waals surface area contributed by atoms with Crippen molar-refractivity contribution >= 4 is 0 Å². The van der Waals surface area contributed by atoms with Crippen molar-refractivity contribution in [3.8, 4) is 0 Å². The van der Waals surface area contributed by atoms with Crippen LogP contribution in [0, 0.1) is 5.92 Å². The highest BCUT2D eigenvalue weighted by molar-refractivity contribution is 4.70. The van der Waals surface area contributed by atoms with Gasteiger partial charge in [0, 0.05) is 25.7 Å². The van der Waals surface area contributed by atoms with E-state index in [1.165, 1.54) is 0 Å². The summed E-state index contributed by atoms with van der Waals surface area (Å²) in [5.74, 6) is 0.586. The average molecular weight is 172 g/mol. The molecule has 1 saturated heterocycles. The zero-order valence-corrected chi connectivity index (χ0v) is 8.12. The minimum Gasteiger partial charge on any atom is -0.379 e. The number of nitrogens with zero attached hydrogens (tertiary/aromatic N) is 1. The molecular weight excluding hydrogens is 152 g/mol. The van der Waals surface area contributed by atoms with Crippen LogP contribution >= 0.6 is 0 Å². The average Bonchev–Trinajstić information content (AvgIpc) is 2.06. The molecule has 0 bridgehead atoms. The first-order valence-electron chi connectivity index (χ1n) is 4.76. The Morgan fingerprint density at radius 2 is 1.92 bits per heavy atom. The van der Waals surface area contributed by atoms with Gasteiger partial charge in [0.1, 0.15) is 0 Å². The summed E-state index contributed by atoms with van der Waals surface area (Å²) in [5, 5.41) is 0. The van der Waals surface area contributed by atoms with E-state index in [0.29, 0.717) is 12.0 Å². The quantitative estimate of drug-likeness (QED) is 0.665. The third-order valence-electron chi connectivity index (χ3n) is 2.55. The predicted octanol–water partition coefficient (Wildman–Crippen LogP) is 0.302. The number of rotatable bonds is 3. The lowest BCUT2D eigenvalue weighted by Crippen LogP contribution is -2.42. The van der Waals surface area contributed by atoms with Gasteiger partial charge in [-0.3, -0.25) is 4.90 Å². The van der Waals surface area contributed by atoms with Crippen LogP contribution in [0.2, 0.25) is 0 Å². The van der Waals surface area contributed by atoms with Crippen LogP contribution in [0.15, 0.2) is 0 Å². The summed E-state index contributed by atoms with van der Waals surface area (Å²) in [7, 11) is 0. The molecule has 12 heavy (non-hydrogen) atoms. The first kappa shape index (κ1) is 9.96. The van der Waals surface area contributed by atoms with Gasteiger partial charge >= 0.3 is 0 Å². The van der Waals surface area contributed by atoms with Crippen LogP contribution in [0.1, 0.15) is 13.8 Å². The van der Waals surface area contributed by atoms with E-state index in [0.717, 1.165) is 32.8 Å². The van der Waals surface area contributed by atoms with E-state index < -0.39 is 0 Å². The zero-order valence-electron chi connectivity index (χ0n) is 8.12. The summed E-state index contributed by atoms with van der Waals surface area (Å²) in [6.07, 6.45) is 0. The number of hydrogen-bond donors (Lipinski definition) is 1. The van der Waals surface area contributed by atoms with Crippen molar-refractivity contribution in [3.63, 3.8) is 0 Å². The van der Waals surface area contributed by atoms with Crippen LogP contribution in [-0.4, -0.2) is 43.8 Å². The molecule has 72 valence electrons. The van der Waals surface area contributed by atoms with E-state index in [9.17, 15) is 0 Å². The Balaban J connectivity index is 2.20. The van der Waals surface area contributed by atoms with Crippen molar-refractivity contribution in [1.82, 2.24) is 4.90 Å². The Labute approximate surface area is 74.9 Å². The van der Waals surface area contributed by atoms with Gasteiger partial charge in [0.2, 0.25) is 0 Å². The molecule has 0 aromatic carbocycles. The highest BCUT2D eigenvalue weighted by atomic mass is 16.5. The first-order valence-corrected chi connectivity index (χ1v) is 4.76. The molecule has 0 aliphatic carbocycles. The van der Waals surface area contributed by atoms with Crippen molar-refractivity contribution in [3.05, 3.63) is 0 Å². The number of hydrogen-bond acceptors (Lipinski definition) is 3. The van der Waals surface area contributed by atoms with E-state index in [1.54, 1.807) is 0 Å². The number of ether oxygens (including phenoxy) is 1.